The van der Waals surface area contributed by atoms with E-state index in [-0.39, 0.29) is 11.9 Å². The number of amides is 1. The van der Waals surface area contributed by atoms with Crippen LogP contribution in [0.25, 0.3) is 11.0 Å². The second kappa shape index (κ2) is 7.32. The van der Waals surface area contributed by atoms with Gasteiger partial charge in [-0.2, -0.15) is 0 Å². The van der Waals surface area contributed by atoms with Gasteiger partial charge in [-0.1, -0.05) is 11.6 Å². The monoisotopic (exact) mass is 362 g/mol. The first-order valence-electron chi connectivity index (χ1n) is 8.98. The van der Waals surface area contributed by atoms with Gasteiger partial charge in [0.15, 0.2) is 0 Å². The van der Waals surface area contributed by atoms with Gasteiger partial charge in [-0.25, -0.2) is 4.98 Å². The van der Waals surface area contributed by atoms with Crippen LogP contribution in [-0.4, -0.2) is 41.3 Å². The lowest BCUT2D eigenvalue weighted by Gasteiger charge is -2.23. The summed E-state index contributed by atoms with van der Waals surface area (Å²) in [5.74, 6) is 1.14. The maximum Gasteiger partial charge on any atom is 0.243 e. The number of aromatic nitrogens is 2. The van der Waals surface area contributed by atoms with E-state index in [1.165, 1.54) is 0 Å². The van der Waals surface area contributed by atoms with Gasteiger partial charge in [0.25, 0.3) is 0 Å². The molecular weight excluding hydrogens is 340 g/mol. The summed E-state index contributed by atoms with van der Waals surface area (Å²) < 4.78 is 7.58. The number of halogens is 1. The van der Waals surface area contributed by atoms with Crippen molar-refractivity contribution in [1.82, 2.24) is 14.9 Å². The number of fused-ring (bicyclic) bond motifs is 1. The number of carbonyl (C=O) groups is 1. The highest BCUT2D eigenvalue weighted by Crippen LogP contribution is 2.27. The van der Waals surface area contributed by atoms with E-state index < -0.39 is 0 Å². The van der Waals surface area contributed by atoms with Crippen LogP contribution in [0, 0.1) is 5.92 Å². The quantitative estimate of drug-likeness (QED) is 0.877. The molecule has 4 rings (SSSR count). The number of hydrogen-bond acceptors (Lipinski definition) is 4. The second-order valence-corrected chi connectivity index (χ2v) is 7.31. The van der Waals surface area contributed by atoms with Crippen LogP contribution < -0.4 is 10.6 Å². The number of ether oxygens (including phenoxy) is 1. The summed E-state index contributed by atoms with van der Waals surface area (Å²) in [4.78, 5) is 17.2. The lowest BCUT2D eigenvalue weighted by Crippen LogP contribution is -2.36. The minimum atomic E-state index is -0.125. The van der Waals surface area contributed by atoms with Crippen molar-refractivity contribution in [1.29, 1.82) is 0 Å². The van der Waals surface area contributed by atoms with E-state index in [1.54, 1.807) is 0 Å². The van der Waals surface area contributed by atoms with Crippen LogP contribution in [0.2, 0.25) is 5.02 Å². The number of anilines is 1. The van der Waals surface area contributed by atoms with Crippen LogP contribution >= 0.6 is 11.6 Å². The van der Waals surface area contributed by atoms with Gasteiger partial charge >= 0.3 is 0 Å². The van der Waals surface area contributed by atoms with E-state index in [9.17, 15) is 4.79 Å². The van der Waals surface area contributed by atoms with Crippen LogP contribution in [0.5, 0.6) is 0 Å². The molecule has 1 unspecified atom stereocenters. The van der Waals surface area contributed by atoms with E-state index >= 15 is 0 Å². The Kier molecular flexibility index (Phi) is 4.92. The van der Waals surface area contributed by atoms with Crippen molar-refractivity contribution in [3.05, 3.63) is 23.2 Å². The van der Waals surface area contributed by atoms with E-state index in [0.29, 0.717) is 16.9 Å². The maximum absolute atomic E-state index is 12.5. The first kappa shape index (κ1) is 16.8. The summed E-state index contributed by atoms with van der Waals surface area (Å²) in [5.41, 5.74) is 1.82. The number of hydrogen-bond donors (Lipinski definition) is 2. The predicted octanol–water partition coefficient (Wildman–Crippen LogP) is 2.81. The van der Waals surface area contributed by atoms with Gasteiger partial charge in [0, 0.05) is 24.8 Å². The first-order valence-corrected chi connectivity index (χ1v) is 9.36. The number of rotatable bonds is 4. The molecule has 1 atom stereocenters. The zero-order valence-corrected chi connectivity index (χ0v) is 14.9. The highest BCUT2D eigenvalue weighted by atomic mass is 35.5. The SMILES string of the molecule is O=C(Nc1nc2cc(Cl)ccc2n1CC1CCOCC1)C1CCCN1. The number of imidazole rings is 1. The first-order chi connectivity index (χ1) is 12.2. The zero-order valence-electron chi connectivity index (χ0n) is 14.1. The van der Waals surface area contributed by atoms with Gasteiger partial charge in [0.05, 0.1) is 17.1 Å². The minimum Gasteiger partial charge on any atom is -0.381 e. The predicted molar refractivity (Wildman–Crippen MR) is 97.9 cm³/mol. The third kappa shape index (κ3) is 3.66. The molecule has 0 bridgehead atoms. The van der Waals surface area contributed by atoms with Crippen molar-refractivity contribution in [2.75, 3.05) is 25.1 Å². The Labute approximate surface area is 151 Å². The number of nitrogens with one attached hydrogen (secondary N) is 2. The molecule has 0 spiro atoms. The second-order valence-electron chi connectivity index (χ2n) is 6.87. The minimum absolute atomic E-state index is 0.00729. The molecule has 0 aliphatic carbocycles. The van der Waals surface area contributed by atoms with Crippen molar-refractivity contribution in [2.24, 2.45) is 5.92 Å². The van der Waals surface area contributed by atoms with Crippen molar-refractivity contribution >= 4 is 34.5 Å². The number of nitrogens with zero attached hydrogens (tertiary/aromatic N) is 2. The van der Waals surface area contributed by atoms with E-state index in [1.807, 2.05) is 18.2 Å². The normalized spacial score (nSPS) is 21.7. The largest absolute Gasteiger partial charge is 0.381 e. The van der Waals surface area contributed by atoms with Crippen molar-refractivity contribution in [2.45, 2.75) is 38.3 Å². The molecule has 3 heterocycles. The Bertz CT molecular complexity index is 764. The number of benzene rings is 1. The third-order valence-electron chi connectivity index (χ3n) is 5.10. The van der Waals surface area contributed by atoms with Gasteiger partial charge < -0.3 is 14.6 Å². The molecule has 2 aliphatic rings. The summed E-state index contributed by atoms with van der Waals surface area (Å²) >= 11 is 6.12. The summed E-state index contributed by atoms with van der Waals surface area (Å²) in [5, 5.41) is 6.91. The molecule has 25 heavy (non-hydrogen) atoms. The summed E-state index contributed by atoms with van der Waals surface area (Å²) in [6, 6.07) is 5.57. The molecule has 0 radical (unpaired) electrons. The van der Waals surface area contributed by atoms with Crippen molar-refractivity contribution in [3.63, 3.8) is 0 Å². The van der Waals surface area contributed by atoms with Gasteiger partial charge in [-0.05, 0) is 56.3 Å². The van der Waals surface area contributed by atoms with Crippen molar-refractivity contribution < 1.29 is 9.53 Å². The lowest BCUT2D eigenvalue weighted by molar-refractivity contribution is -0.117. The molecular formula is C18H23ClN4O2. The smallest absolute Gasteiger partial charge is 0.243 e. The van der Waals surface area contributed by atoms with E-state index in [4.69, 9.17) is 16.3 Å². The standard InChI is InChI=1S/C18H23ClN4O2/c19-13-3-4-16-15(10-13)21-18(22-17(24)14-2-1-7-20-14)23(16)11-12-5-8-25-9-6-12/h3-4,10,12,14,20H,1-2,5-9,11H2,(H,21,22,24). The van der Waals surface area contributed by atoms with Crippen LogP contribution in [-0.2, 0) is 16.1 Å². The molecule has 0 saturated carbocycles. The molecule has 7 heteroatoms. The Morgan fingerprint density at radius 2 is 2.20 bits per heavy atom. The van der Waals surface area contributed by atoms with Gasteiger partial charge in [0.2, 0.25) is 11.9 Å². The average Bonchev–Trinajstić information content (AvgIpc) is 3.25. The molecule has 6 nitrogen and oxygen atoms in total. The molecule has 1 aromatic heterocycles. The Hall–Kier alpha value is -1.63. The molecule has 1 amide bonds. The van der Waals surface area contributed by atoms with Crippen LogP contribution in [0.4, 0.5) is 5.95 Å². The van der Waals surface area contributed by atoms with Crippen LogP contribution in [0.3, 0.4) is 0 Å². The van der Waals surface area contributed by atoms with E-state index in [0.717, 1.165) is 63.0 Å². The molecule has 2 saturated heterocycles. The zero-order chi connectivity index (χ0) is 17.2. The molecule has 2 N–H and O–H groups in total. The molecule has 2 aromatic rings. The molecule has 2 aliphatic heterocycles. The topological polar surface area (TPSA) is 68.2 Å². The fourth-order valence-corrected chi connectivity index (χ4v) is 3.84. The van der Waals surface area contributed by atoms with E-state index in [2.05, 4.69) is 20.2 Å². The average molecular weight is 363 g/mol. The Balaban J connectivity index is 1.63. The van der Waals surface area contributed by atoms with Gasteiger partial charge in [0.1, 0.15) is 0 Å². The Morgan fingerprint density at radius 1 is 1.36 bits per heavy atom. The van der Waals surface area contributed by atoms with Gasteiger partial charge in [-0.3, -0.25) is 10.1 Å². The summed E-state index contributed by atoms with van der Waals surface area (Å²) in [6.45, 7) is 3.33. The fourth-order valence-electron chi connectivity index (χ4n) is 3.68. The highest BCUT2D eigenvalue weighted by Gasteiger charge is 2.25. The lowest BCUT2D eigenvalue weighted by atomic mass is 10.0. The molecule has 2 fully saturated rings. The summed E-state index contributed by atoms with van der Waals surface area (Å²) in [7, 11) is 0. The number of carbonyl (C=O) groups excluding carboxylic acids is 1. The van der Waals surface area contributed by atoms with Crippen LogP contribution in [0.1, 0.15) is 25.7 Å². The maximum atomic E-state index is 12.5. The van der Waals surface area contributed by atoms with Gasteiger partial charge in [-0.15, -0.1) is 0 Å². The van der Waals surface area contributed by atoms with Crippen LogP contribution in [0.15, 0.2) is 18.2 Å². The Morgan fingerprint density at radius 3 is 2.96 bits per heavy atom. The third-order valence-corrected chi connectivity index (χ3v) is 5.34. The molecule has 134 valence electrons. The fraction of sp³-hybridized carbons (Fsp3) is 0.556. The highest BCUT2D eigenvalue weighted by molar-refractivity contribution is 6.31. The molecule has 1 aromatic carbocycles. The summed E-state index contributed by atoms with van der Waals surface area (Å²) in [6.07, 6.45) is 3.97. The van der Waals surface area contributed by atoms with Crippen molar-refractivity contribution in [3.8, 4) is 0 Å².